The van der Waals surface area contributed by atoms with E-state index < -0.39 is 27.8 Å². The fraction of sp³-hybridized carbons (Fsp3) is 0.240. The van der Waals surface area contributed by atoms with E-state index in [9.17, 15) is 22.8 Å². The van der Waals surface area contributed by atoms with E-state index >= 15 is 0 Å². The second-order valence-corrected chi connectivity index (χ2v) is 11.0. The first-order chi connectivity index (χ1) is 17.1. The maximum atomic E-state index is 13.1. The van der Waals surface area contributed by atoms with E-state index in [1.807, 2.05) is 13.8 Å². The van der Waals surface area contributed by atoms with E-state index in [1.165, 1.54) is 18.2 Å². The number of ether oxygens (including phenoxy) is 2. The number of fused-ring (bicyclic) bond motifs is 1. The van der Waals surface area contributed by atoms with Crippen molar-refractivity contribution >= 4 is 44.1 Å². The molecule has 36 heavy (non-hydrogen) atoms. The van der Waals surface area contributed by atoms with Crippen LogP contribution in [0.5, 0.6) is 5.75 Å². The monoisotopic (exact) mass is 528 g/mol. The van der Waals surface area contributed by atoms with Gasteiger partial charge in [-0.15, -0.1) is 11.3 Å². The van der Waals surface area contributed by atoms with Gasteiger partial charge in [0.15, 0.2) is 0 Å². The highest BCUT2D eigenvalue weighted by molar-refractivity contribution is 7.93. The topological polar surface area (TPSA) is 119 Å². The molecule has 1 aliphatic rings. The van der Waals surface area contributed by atoms with Crippen molar-refractivity contribution in [2.45, 2.75) is 38.3 Å². The van der Waals surface area contributed by atoms with Crippen LogP contribution in [0.3, 0.4) is 0 Å². The number of imide groups is 1. The summed E-state index contributed by atoms with van der Waals surface area (Å²) in [4.78, 5) is 39.5. The minimum atomic E-state index is -4.06. The molecule has 0 spiro atoms. The van der Waals surface area contributed by atoms with Crippen LogP contribution in [-0.2, 0) is 21.3 Å². The summed E-state index contributed by atoms with van der Waals surface area (Å²) in [7, 11) is -4.06. The Labute approximate surface area is 212 Å². The summed E-state index contributed by atoms with van der Waals surface area (Å²) >= 11 is 0.955. The molecule has 1 N–H and O–H groups in total. The van der Waals surface area contributed by atoms with Crippen molar-refractivity contribution in [3.63, 3.8) is 0 Å². The molecule has 3 aromatic rings. The fourth-order valence-electron chi connectivity index (χ4n) is 3.65. The van der Waals surface area contributed by atoms with Gasteiger partial charge in [-0.3, -0.25) is 19.2 Å². The zero-order valence-corrected chi connectivity index (χ0v) is 21.4. The quantitative estimate of drug-likeness (QED) is 0.325. The van der Waals surface area contributed by atoms with E-state index in [1.54, 1.807) is 43.3 Å². The number of sulfonamides is 1. The van der Waals surface area contributed by atoms with Crippen LogP contribution in [0, 0.1) is 0 Å². The van der Waals surface area contributed by atoms with Gasteiger partial charge in [0.1, 0.15) is 10.8 Å². The Kier molecular flexibility index (Phi) is 7.14. The number of benzene rings is 2. The van der Waals surface area contributed by atoms with Crippen molar-refractivity contribution in [1.29, 1.82) is 0 Å². The average Bonchev–Trinajstić information content (AvgIpc) is 3.33. The highest BCUT2D eigenvalue weighted by Gasteiger charge is 2.36. The van der Waals surface area contributed by atoms with Crippen LogP contribution in [0.2, 0.25) is 0 Å². The third-order valence-electron chi connectivity index (χ3n) is 5.20. The van der Waals surface area contributed by atoms with Gasteiger partial charge < -0.3 is 9.47 Å². The van der Waals surface area contributed by atoms with Crippen LogP contribution in [0.1, 0.15) is 56.7 Å². The van der Waals surface area contributed by atoms with Crippen molar-refractivity contribution < 1.29 is 32.3 Å². The van der Waals surface area contributed by atoms with Crippen molar-refractivity contribution in [3.05, 3.63) is 76.2 Å². The molecule has 0 bridgehead atoms. The first-order valence-corrected chi connectivity index (χ1v) is 13.4. The van der Waals surface area contributed by atoms with Gasteiger partial charge >= 0.3 is 5.97 Å². The number of carbonyl (C=O) groups excluding carboxylic acids is 3. The van der Waals surface area contributed by atoms with Crippen molar-refractivity contribution in [3.8, 4) is 5.75 Å². The number of nitrogens with one attached hydrogen (secondary N) is 1. The molecular weight excluding hydrogens is 504 g/mol. The predicted octanol–water partition coefficient (Wildman–Crippen LogP) is 4.31. The number of thiophene rings is 1. The van der Waals surface area contributed by atoms with Crippen molar-refractivity contribution in [2.24, 2.45) is 0 Å². The highest BCUT2D eigenvalue weighted by Crippen LogP contribution is 2.34. The molecular formula is C25H24N2O7S2. The molecule has 0 atom stereocenters. The summed E-state index contributed by atoms with van der Waals surface area (Å²) in [5.41, 5.74) is 0.600. The number of anilines is 1. The number of amides is 2. The summed E-state index contributed by atoms with van der Waals surface area (Å²) in [5, 5.41) is 0.0302. The summed E-state index contributed by atoms with van der Waals surface area (Å²) in [6, 6.07) is 13.8. The maximum Gasteiger partial charge on any atom is 0.341 e. The van der Waals surface area contributed by atoms with Gasteiger partial charge in [0.05, 0.1) is 40.8 Å². The molecule has 0 fully saturated rings. The Morgan fingerprint density at radius 3 is 2.19 bits per heavy atom. The third kappa shape index (κ3) is 5.12. The molecule has 11 heteroatoms. The number of esters is 1. The highest BCUT2D eigenvalue weighted by atomic mass is 32.2. The van der Waals surface area contributed by atoms with Crippen molar-refractivity contribution in [2.75, 3.05) is 11.3 Å². The lowest BCUT2D eigenvalue weighted by Crippen LogP contribution is -2.28. The van der Waals surface area contributed by atoms with Gasteiger partial charge in [0, 0.05) is 4.88 Å². The second kappa shape index (κ2) is 10.1. The second-order valence-electron chi connectivity index (χ2n) is 8.16. The normalized spacial score (nSPS) is 13.2. The first-order valence-electron chi connectivity index (χ1n) is 11.1. The maximum absolute atomic E-state index is 13.1. The summed E-state index contributed by atoms with van der Waals surface area (Å²) < 4.78 is 39.2. The van der Waals surface area contributed by atoms with Crippen LogP contribution >= 0.6 is 11.3 Å². The predicted molar refractivity (Wildman–Crippen MR) is 134 cm³/mol. The smallest absolute Gasteiger partial charge is 0.341 e. The number of rotatable bonds is 9. The molecule has 4 rings (SSSR count). The zero-order chi connectivity index (χ0) is 26.0. The number of hydrogen-bond acceptors (Lipinski definition) is 8. The molecule has 0 aliphatic carbocycles. The summed E-state index contributed by atoms with van der Waals surface area (Å²) in [5.74, 6) is -1.10. The Balaban J connectivity index is 1.61. The molecule has 1 aromatic heterocycles. The van der Waals surface area contributed by atoms with E-state index in [2.05, 4.69) is 4.72 Å². The Morgan fingerprint density at radius 2 is 1.64 bits per heavy atom. The van der Waals surface area contributed by atoms with Crippen molar-refractivity contribution in [1.82, 2.24) is 4.90 Å². The lowest BCUT2D eigenvalue weighted by Gasteiger charge is -2.12. The molecule has 0 saturated heterocycles. The molecule has 0 saturated carbocycles. The van der Waals surface area contributed by atoms with Gasteiger partial charge in [-0.1, -0.05) is 12.1 Å². The largest absolute Gasteiger partial charge is 0.491 e. The third-order valence-corrected chi connectivity index (χ3v) is 7.73. The van der Waals surface area contributed by atoms with E-state index in [-0.39, 0.29) is 34.7 Å². The van der Waals surface area contributed by atoms with E-state index in [4.69, 9.17) is 9.47 Å². The number of nitrogens with zero attached hydrogens (tertiary/aromatic N) is 1. The molecule has 1 aliphatic heterocycles. The number of carbonyl (C=O) groups is 3. The van der Waals surface area contributed by atoms with E-state index in [0.717, 1.165) is 16.2 Å². The van der Waals surface area contributed by atoms with Crippen LogP contribution in [0.4, 0.5) is 5.00 Å². The zero-order valence-electron chi connectivity index (χ0n) is 19.8. The molecule has 2 heterocycles. The van der Waals surface area contributed by atoms with Crippen LogP contribution in [0.25, 0.3) is 0 Å². The van der Waals surface area contributed by atoms with Crippen LogP contribution < -0.4 is 9.46 Å². The molecule has 0 radical (unpaired) electrons. The van der Waals surface area contributed by atoms with Crippen LogP contribution in [0.15, 0.2) is 59.5 Å². The first kappa shape index (κ1) is 25.4. The Hall–Kier alpha value is -3.70. The standard InChI is InChI=1S/C25H24N2O7S2/c1-4-33-25(30)21-13-17(14-27-23(28)19-7-5-6-8-20(19)24(27)29)35-22(21)26-36(31,32)18-11-9-16(10-12-18)34-15(2)3/h5-13,15,26H,4,14H2,1-3H3. The minimum absolute atomic E-state index is 0.00297. The Morgan fingerprint density at radius 1 is 1.03 bits per heavy atom. The minimum Gasteiger partial charge on any atom is -0.491 e. The molecule has 2 aromatic carbocycles. The number of hydrogen-bond donors (Lipinski definition) is 1. The van der Waals surface area contributed by atoms with Gasteiger partial charge in [-0.05, 0) is 63.2 Å². The summed E-state index contributed by atoms with van der Waals surface area (Å²) in [6.45, 7) is 5.33. The van der Waals surface area contributed by atoms with Gasteiger partial charge in [0.2, 0.25) is 0 Å². The molecule has 9 nitrogen and oxygen atoms in total. The van der Waals surface area contributed by atoms with E-state index in [0.29, 0.717) is 21.8 Å². The average molecular weight is 529 g/mol. The van der Waals surface area contributed by atoms with Gasteiger partial charge in [0.25, 0.3) is 21.8 Å². The fourth-order valence-corrected chi connectivity index (χ4v) is 5.99. The molecule has 2 amide bonds. The van der Waals surface area contributed by atoms with Gasteiger partial charge in [-0.25, -0.2) is 13.2 Å². The lowest BCUT2D eigenvalue weighted by molar-refractivity contribution is 0.0527. The van der Waals surface area contributed by atoms with Gasteiger partial charge in [-0.2, -0.15) is 0 Å². The molecule has 0 unspecified atom stereocenters. The lowest BCUT2D eigenvalue weighted by atomic mass is 10.1. The summed E-state index contributed by atoms with van der Waals surface area (Å²) in [6.07, 6.45) is -0.0654. The SMILES string of the molecule is CCOC(=O)c1cc(CN2C(=O)c3ccccc3C2=O)sc1NS(=O)(=O)c1ccc(OC(C)C)cc1. The molecule has 188 valence electrons. The Bertz CT molecular complexity index is 1390. The van der Waals surface area contributed by atoms with Crippen LogP contribution in [-0.4, -0.2) is 43.8 Å².